The molecule has 0 atom stereocenters. The number of methoxy groups -OCH3 is 1. The van der Waals surface area contributed by atoms with E-state index in [4.69, 9.17) is 9.47 Å². The van der Waals surface area contributed by atoms with Crippen LogP contribution in [0.15, 0.2) is 46.0 Å². The zero-order valence-electron chi connectivity index (χ0n) is 17.5. The van der Waals surface area contributed by atoms with Crippen LogP contribution in [-0.4, -0.2) is 36.8 Å². The van der Waals surface area contributed by atoms with Crippen LogP contribution < -0.4 is 4.74 Å². The largest absolute Gasteiger partial charge is 0.511 e. The molecule has 0 bridgehead atoms. The van der Waals surface area contributed by atoms with Crippen molar-refractivity contribution in [2.24, 2.45) is 10.4 Å². The lowest BCUT2D eigenvalue weighted by molar-refractivity contribution is -0.117. The summed E-state index contributed by atoms with van der Waals surface area (Å²) in [7, 11) is 1.59. The minimum atomic E-state index is -0.481. The lowest BCUT2D eigenvalue weighted by Gasteiger charge is -2.28. The van der Waals surface area contributed by atoms with Crippen molar-refractivity contribution in [2.45, 2.75) is 33.6 Å². The predicted molar refractivity (Wildman–Crippen MR) is 118 cm³/mol. The Bertz CT molecular complexity index is 1010. The summed E-state index contributed by atoms with van der Waals surface area (Å²) in [4.78, 5) is 29.5. The molecule has 1 aliphatic carbocycles. The van der Waals surface area contributed by atoms with Gasteiger partial charge >= 0.3 is 5.97 Å². The van der Waals surface area contributed by atoms with Crippen LogP contribution >= 0.6 is 11.3 Å². The van der Waals surface area contributed by atoms with Crippen LogP contribution in [0.3, 0.4) is 0 Å². The number of hydrogen-bond donors (Lipinski definition) is 1. The summed E-state index contributed by atoms with van der Waals surface area (Å²) >= 11 is 1.28. The van der Waals surface area contributed by atoms with E-state index < -0.39 is 5.97 Å². The molecule has 30 heavy (non-hydrogen) atoms. The highest BCUT2D eigenvalue weighted by molar-refractivity contribution is 7.14. The maximum Gasteiger partial charge on any atom is 0.341 e. The summed E-state index contributed by atoms with van der Waals surface area (Å²) in [6.07, 6.45) is 2.11. The van der Waals surface area contributed by atoms with Gasteiger partial charge in [0.25, 0.3) is 0 Å². The third-order valence-corrected chi connectivity index (χ3v) is 5.75. The second kappa shape index (κ2) is 8.83. The van der Waals surface area contributed by atoms with E-state index >= 15 is 0 Å². The van der Waals surface area contributed by atoms with Crippen LogP contribution in [0.25, 0.3) is 11.1 Å². The van der Waals surface area contributed by atoms with Gasteiger partial charge in [0.2, 0.25) is 0 Å². The number of aliphatic imine (C=N–C) groups is 1. The van der Waals surface area contributed by atoms with E-state index in [1.54, 1.807) is 14.0 Å². The van der Waals surface area contributed by atoms with Crippen LogP contribution in [0.1, 0.15) is 44.0 Å². The molecule has 0 aliphatic heterocycles. The van der Waals surface area contributed by atoms with Crippen LogP contribution in [0, 0.1) is 5.41 Å². The van der Waals surface area contributed by atoms with E-state index in [2.05, 4.69) is 4.99 Å². The third kappa shape index (κ3) is 4.62. The normalized spacial score (nSPS) is 16.2. The molecule has 0 spiro atoms. The number of ketones is 1. The molecule has 0 unspecified atom stereocenters. The second-order valence-corrected chi connectivity index (χ2v) is 8.70. The quantitative estimate of drug-likeness (QED) is 0.486. The van der Waals surface area contributed by atoms with Gasteiger partial charge in [0, 0.05) is 30.0 Å². The maximum atomic E-state index is 12.7. The average Bonchev–Trinajstić information content (AvgIpc) is 3.10. The highest BCUT2D eigenvalue weighted by atomic mass is 32.1. The van der Waals surface area contributed by atoms with Gasteiger partial charge in [-0.15, -0.1) is 11.3 Å². The molecule has 1 heterocycles. The number of aliphatic hydroxyl groups excluding tert-OH is 1. The van der Waals surface area contributed by atoms with Gasteiger partial charge in [0.15, 0.2) is 5.78 Å². The fraction of sp³-hybridized carbons (Fsp3) is 0.348. The lowest BCUT2D eigenvalue weighted by Crippen LogP contribution is -2.26. The summed E-state index contributed by atoms with van der Waals surface area (Å²) in [6, 6.07) is 7.35. The molecule has 0 amide bonds. The fourth-order valence-electron chi connectivity index (χ4n) is 3.40. The van der Waals surface area contributed by atoms with Gasteiger partial charge in [-0.3, -0.25) is 4.79 Å². The molecule has 158 valence electrons. The number of carbonyl (C=O) groups is 2. The van der Waals surface area contributed by atoms with Crippen LogP contribution in [0.4, 0.5) is 5.00 Å². The average molecular weight is 428 g/mol. The Morgan fingerprint density at radius 2 is 1.97 bits per heavy atom. The molecule has 0 radical (unpaired) electrons. The molecule has 7 heteroatoms. The van der Waals surface area contributed by atoms with Gasteiger partial charge in [0.1, 0.15) is 22.1 Å². The van der Waals surface area contributed by atoms with Crippen molar-refractivity contribution in [3.8, 4) is 16.9 Å². The van der Waals surface area contributed by atoms with Crippen molar-refractivity contribution in [3.05, 3.63) is 46.5 Å². The molecule has 0 fully saturated rings. The molecular weight excluding hydrogens is 402 g/mol. The van der Waals surface area contributed by atoms with E-state index in [-0.39, 0.29) is 29.1 Å². The van der Waals surface area contributed by atoms with Crippen LogP contribution in [-0.2, 0) is 9.53 Å². The fourth-order valence-corrected chi connectivity index (χ4v) is 4.31. The Morgan fingerprint density at radius 1 is 1.27 bits per heavy atom. The van der Waals surface area contributed by atoms with E-state index in [1.807, 2.05) is 43.5 Å². The number of aliphatic hydroxyl groups is 1. The summed E-state index contributed by atoms with van der Waals surface area (Å²) in [5.74, 6) is 0.110. The molecular formula is C23H25NO5S. The summed E-state index contributed by atoms with van der Waals surface area (Å²) in [5.41, 5.74) is 1.78. The van der Waals surface area contributed by atoms with Crippen molar-refractivity contribution in [3.63, 3.8) is 0 Å². The first-order valence-corrected chi connectivity index (χ1v) is 10.6. The SMILES string of the molecule is CCOC(=O)c1c(-c2ccc(OC)cc2)csc1/N=C/C1=C(O)CC(C)(C)CC1=O. The number of thiophene rings is 1. The van der Waals surface area contributed by atoms with Crippen molar-refractivity contribution >= 4 is 34.3 Å². The van der Waals surface area contributed by atoms with Crippen molar-refractivity contribution in [1.82, 2.24) is 0 Å². The molecule has 2 aromatic rings. The first-order valence-electron chi connectivity index (χ1n) is 9.68. The van der Waals surface area contributed by atoms with Crippen LogP contribution in [0.5, 0.6) is 5.75 Å². The summed E-state index contributed by atoms with van der Waals surface area (Å²) in [5, 5.41) is 12.6. The Labute approximate surface area is 179 Å². The molecule has 1 aromatic carbocycles. The second-order valence-electron chi connectivity index (χ2n) is 7.84. The van der Waals surface area contributed by atoms with Gasteiger partial charge in [-0.25, -0.2) is 9.79 Å². The number of benzene rings is 1. The summed E-state index contributed by atoms with van der Waals surface area (Å²) in [6.45, 7) is 5.85. The van der Waals surface area contributed by atoms with Gasteiger partial charge in [-0.1, -0.05) is 26.0 Å². The Kier molecular flexibility index (Phi) is 6.41. The highest BCUT2D eigenvalue weighted by Crippen LogP contribution is 2.39. The molecule has 1 N–H and O–H groups in total. The van der Waals surface area contributed by atoms with E-state index in [0.29, 0.717) is 34.7 Å². The number of Topliss-reactive ketones (excluding diaryl/α,β-unsaturated/α-hetero) is 1. The monoisotopic (exact) mass is 427 g/mol. The molecule has 0 saturated heterocycles. The van der Waals surface area contributed by atoms with Crippen LogP contribution in [0.2, 0.25) is 0 Å². The van der Waals surface area contributed by atoms with Gasteiger partial charge in [-0.05, 0) is 30.0 Å². The molecule has 0 saturated carbocycles. The van der Waals surface area contributed by atoms with E-state index in [9.17, 15) is 14.7 Å². The minimum Gasteiger partial charge on any atom is -0.511 e. The van der Waals surface area contributed by atoms with Gasteiger partial charge < -0.3 is 14.6 Å². The smallest absolute Gasteiger partial charge is 0.341 e. The number of ether oxygens (including phenoxy) is 2. The first-order chi connectivity index (χ1) is 14.3. The van der Waals surface area contributed by atoms with Crippen molar-refractivity contribution < 1.29 is 24.2 Å². The predicted octanol–water partition coefficient (Wildman–Crippen LogP) is 5.50. The Hall–Kier alpha value is -2.93. The third-order valence-electron chi connectivity index (χ3n) is 4.86. The van der Waals surface area contributed by atoms with Gasteiger partial charge in [-0.2, -0.15) is 0 Å². The minimum absolute atomic E-state index is 0.0321. The van der Waals surface area contributed by atoms with E-state index in [1.165, 1.54) is 17.6 Å². The van der Waals surface area contributed by atoms with Crippen molar-refractivity contribution in [2.75, 3.05) is 13.7 Å². The highest BCUT2D eigenvalue weighted by Gasteiger charge is 2.32. The van der Waals surface area contributed by atoms with E-state index in [0.717, 1.165) is 5.56 Å². The molecule has 6 nitrogen and oxygen atoms in total. The van der Waals surface area contributed by atoms with Crippen molar-refractivity contribution in [1.29, 1.82) is 0 Å². The van der Waals surface area contributed by atoms with Gasteiger partial charge in [0.05, 0.1) is 19.3 Å². The maximum absolute atomic E-state index is 12.7. The zero-order chi connectivity index (χ0) is 21.9. The topological polar surface area (TPSA) is 85.2 Å². The standard InChI is InChI=1S/C23H25NO5S/c1-5-29-22(27)20-17(14-6-8-15(28-4)9-7-14)13-30-21(20)24-12-16-18(25)10-23(2,3)11-19(16)26/h6-9,12-13,25H,5,10-11H2,1-4H3/b24-12+. The Morgan fingerprint density at radius 3 is 2.57 bits per heavy atom. The number of carbonyl (C=O) groups excluding carboxylic acids is 2. The number of esters is 1. The number of rotatable bonds is 6. The summed E-state index contributed by atoms with van der Waals surface area (Å²) < 4.78 is 10.4. The first kappa shape index (κ1) is 21.8. The lowest BCUT2D eigenvalue weighted by atomic mass is 9.77. The Balaban J connectivity index is 2.00. The molecule has 1 aromatic heterocycles. The molecule has 3 rings (SSSR count). The number of allylic oxidation sites excluding steroid dienone is 2. The molecule has 1 aliphatic rings. The number of hydrogen-bond acceptors (Lipinski definition) is 7. The zero-order valence-corrected chi connectivity index (χ0v) is 18.3. The number of nitrogens with zero attached hydrogens (tertiary/aromatic N) is 1.